The molecular formula is C30H28Cl2N4O. The van der Waals surface area contributed by atoms with Gasteiger partial charge in [-0.3, -0.25) is 4.99 Å². The van der Waals surface area contributed by atoms with Gasteiger partial charge >= 0.3 is 5.69 Å². The number of hydrogen-bond acceptors (Lipinski definition) is 2. The lowest BCUT2D eigenvalue weighted by molar-refractivity contribution is 0.728. The van der Waals surface area contributed by atoms with E-state index in [0.717, 1.165) is 33.5 Å². The van der Waals surface area contributed by atoms with Crippen LogP contribution in [0.15, 0.2) is 107 Å². The van der Waals surface area contributed by atoms with Crippen molar-refractivity contribution >= 4 is 46.6 Å². The lowest BCUT2D eigenvalue weighted by Gasteiger charge is -2.30. The van der Waals surface area contributed by atoms with Crippen LogP contribution in [0, 0.1) is 0 Å². The van der Waals surface area contributed by atoms with E-state index in [1.807, 2.05) is 74.7 Å². The van der Waals surface area contributed by atoms with Gasteiger partial charge in [-0.1, -0.05) is 60.2 Å². The number of nitrogens with zero attached hydrogens (tertiary/aromatic N) is 2. The van der Waals surface area contributed by atoms with Crippen LogP contribution >= 0.6 is 23.2 Å². The fraction of sp³-hybridized carbons (Fsp3) is 0.133. The van der Waals surface area contributed by atoms with Gasteiger partial charge in [-0.25, -0.2) is 4.79 Å². The molecule has 2 heterocycles. The van der Waals surface area contributed by atoms with Crippen molar-refractivity contribution in [3.63, 3.8) is 0 Å². The molecule has 0 amide bonds. The van der Waals surface area contributed by atoms with E-state index in [9.17, 15) is 4.79 Å². The number of hydrogen-bond donors (Lipinski definition) is 2. The van der Waals surface area contributed by atoms with E-state index < -0.39 is 5.41 Å². The first-order valence-corrected chi connectivity index (χ1v) is 12.5. The van der Waals surface area contributed by atoms with Gasteiger partial charge in [0.15, 0.2) is 0 Å². The Bertz CT molecular complexity index is 1630. The monoisotopic (exact) mass is 530 g/mol. The quantitative estimate of drug-likeness (QED) is 0.128. The molecule has 0 unspecified atom stereocenters. The van der Waals surface area contributed by atoms with Crippen molar-refractivity contribution in [2.24, 2.45) is 4.99 Å². The van der Waals surface area contributed by atoms with Crippen LogP contribution in [0.4, 0.5) is 5.69 Å². The molecule has 0 aliphatic heterocycles. The molecule has 4 rings (SSSR count). The van der Waals surface area contributed by atoms with Crippen LogP contribution in [-0.2, 0) is 12.0 Å². The number of aliphatic imine (C=N–C) groups is 1. The molecule has 0 spiro atoms. The van der Waals surface area contributed by atoms with Crippen molar-refractivity contribution in [3.05, 3.63) is 123 Å². The second-order valence-electron chi connectivity index (χ2n) is 8.84. The summed E-state index contributed by atoms with van der Waals surface area (Å²) in [5, 5.41) is 1.15. The first-order valence-electron chi connectivity index (χ1n) is 11.7. The number of halogens is 2. The number of allylic oxidation sites excluding steroid dienone is 6. The van der Waals surface area contributed by atoms with Crippen LogP contribution in [0.3, 0.4) is 0 Å². The number of imidazole rings is 1. The Morgan fingerprint density at radius 2 is 1.92 bits per heavy atom. The predicted molar refractivity (Wildman–Crippen MR) is 158 cm³/mol. The zero-order chi connectivity index (χ0) is 26.7. The third kappa shape index (κ3) is 4.93. The highest BCUT2D eigenvalue weighted by atomic mass is 35.5. The molecule has 0 aliphatic carbocycles. The average Bonchev–Trinajstić information content (AvgIpc) is 3.51. The minimum Gasteiger partial charge on any atom is -0.343 e. The van der Waals surface area contributed by atoms with Crippen LogP contribution in [0.1, 0.15) is 25.0 Å². The summed E-state index contributed by atoms with van der Waals surface area (Å²) in [6.07, 6.45) is 9.37. The number of rotatable bonds is 9. The molecule has 0 saturated carbocycles. The average molecular weight is 531 g/mol. The Labute approximate surface area is 226 Å². The van der Waals surface area contributed by atoms with E-state index in [1.54, 1.807) is 6.08 Å². The maximum absolute atomic E-state index is 11.8. The highest BCUT2D eigenvalue weighted by Crippen LogP contribution is 2.45. The molecule has 0 fully saturated rings. The molecule has 0 radical (unpaired) electrons. The van der Waals surface area contributed by atoms with E-state index in [4.69, 9.17) is 23.2 Å². The Morgan fingerprint density at radius 1 is 1.16 bits per heavy atom. The van der Waals surface area contributed by atoms with Crippen molar-refractivity contribution in [1.29, 1.82) is 0 Å². The van der Waals surface area contributed by atoms with Crippen molar-refractivity contribution in [2.75, 3.05) is 0 Å². The van der Waals surface area contributed by atoms with Gasteiger partial charge in [-0.15, -0.1) is 6.58 Å². The smallest absolute Gasteiger partial charge is 0.323 e. The molecule has 7 heteroatoms. The number of H-pyrrole nitrogens is 2. The predicted octanol–water partition coefficient (Wildman–Crippen LogP) is 8.06. The third-order valence-electron chi connectivity index (χ3n) is 6.65. The fourth-order valence-electron chi connectivity index (χ4n) is 4.58. The summed E-state index contributed by atoms with van der Waals surface area (Å²) in [5.41, 5.74) is 5.68. The Balaban J connectivity index is 1.89. The van der Waals surface area contributed by atoms with Crippen molar-refractivity contribution in [2.45, 2.75) is 25.8 Å². The largest absolute Gasteiger partial charge is 0.343 e. The Morgan fingerprint density at radius 3 is 2.59 bits per heavy atom. The first-order chi connectivity index (χ1) is 17.7. The summed E-state index contributed by atoms with van der Waals surface area (Å²) in [5.74, 6) is 0. The van der Waals surface area contributed by atoms with Gasteiger partial charge in [-0.05, 0) is 73.7 Å². The standard InChI is InChI=1S/C30H28Cl2N4O/c1-6-10-19(23(31)7-2)18-36-14-9-11-27(36)20-15-22(28(33-5)24(32)16-20)30(4,8-3)21-12-13-25-26(17-21)35-29(37)34-25/h6-17H,1,3,5,18H2,2,4H3,(H2,34,35,37)/b19-10-,23-7+/t30-/m0/s1. The van der Waals surface area contributed by atoms with Gasteiger partial charge in [0.1, 0.15) is 0 Å². The summed E-state index contributed by atoms with van der Waals surface area (Å²) >= 11 is 13.3. The van der Waals surface area contributed by atoms with E-state index >= 15 is 0 Å². The molecule has 2 aromatic heterocycles. The van der Waals surface area contributed by atoms with Gasteiger partial charge < -0.3 is 14.5 Å². The second-order valence-corrected chi connectivity index (χ2v) is 9.66. The Hall–Kier alpha value is -3.80. The summed E-state index contributed by atoms with van der Waals surface area (Å²) in [6, 6.07) is 13.8. The van der Waals surface area contributed by atoms with Gasteiger partial charge in [0.25, 0.3) is 0 Å². The van der Waals surface area contributed by atoms with E-state index in [-0.39, 0.29) is 5.69 Å². The maximum atomic E-state index is 11.8. The summed E-state index contributed by atoms with van der Waals surface area (Å²) in [6.45, 7) is 16.3. The maximum Gasteiger partial charge on any atom is 0.323 e. The first kappa shape index (κ1) is 26.3. The zero-order valence-electron chi connectivity index (χ0n) is 20.8. The van der Waals surface area contributed by atoms with Gasteiger partial charge in [0.05, 0.1) is 21.7 Å². The SMILES string of the molecule is C=C/C=C(Cn1cccc1-c1cc(Cl)c(N=C)c([C@@](C)(C=C)c2ccc3[nH]c(=O)[nH]c3c2)c1)\C(Cl)=C/C. The lowest BCUT2D eigenvalue weighted by Crippen LogP contribution is -2.21. The molecule has 5 nitrogen and oxygen atoms in total. The molecule has 0 aliphatic rings. The van der Waals surface area contributed by atoms with Crippen molar-refractivity contribution < 1.29 is 0 Å². The fourth-order valence-corrected chi connectivity index (χ4v) is 4.98. The van der Waals surface area contributed by atoms with Crippen molar-refractivity contribution in [3.8, 4) is 11.3 Å². The molecular weight excluding hydrogens is 503 g/mol. The highest BCUT2D eigenvalue weighted by Gasteiger charge is 2.30. The second kappa shape index (κ2) is 10.7. The third-order valence-corrected chi connectivity index (χ3v) is 7.40. The molecule has 0 saturated heterocycles. The van der Waals surface area contributed by atoms with Crippen LogP contribution in [0.5, 0.6) is 0 Å². The Kier molecular flexibility index (Phi) is 7.58. The van der Waals surface area contributed by atoms with Crippen molar-refractivity contribution in [1.82, 2.24) is 14.5 Å². The minimum absolute atomic E-state index is 0.255. The normalized spacial score (nSPS) is 13.9. The highest BCUT2D eigenvalue weighted by molar-refractivity contribution is 6.33. The number of aromatic amines is 2. The number of aromatic nitrogens is 3. The van der Waals surface area contributed by atoms with Gasteiger partial charge in [0.2, 0.25) is 0 Å². The van der Waals surface area contributed by atoms with Gasteiger partial charge in [0, 0.05) is 34.4 Å². The number of nitrogens with one attached hydrogen (secondary N) is 2. The summed E-state index contributed by atoms with van der Waals surface area (Å²) < 4.78 is 2.11. The summed E-state index contributed by atoms with van der Waals surface area (Å²) in [7, 11) is 0. The number of fused-ring (bicyclic) bond motifs is 1. The summed E-state index contributed by atoms with van der Waals surface area (Å²) in [4.78, 5) is 21.7. The lowest BCUT2D eigenvalue weighted by atomic mass is 9.75. The van der Waals surface area contributed by atoms with Gasteiger partial charge in [-0.2, -0.15) is 0 Å². The van der Waals surface area contributed by atoms with Crippen LogP contribution in [0.2, 0.25) is 5.02 Å². The molecule has 37 heavy (non-hydrogen) atoms. The molecule has 2 N–H and O–H groups in total. The minimum atomic E-state index is -0.682. The van der Waals surface area contributed by atoms with Crippen LogP contribution < -0.4 is 5.69 Å². The number of benzene rings is 2. The molecule has 2 aromatic carbocycles. The van der Waals surface area contributed by atoms with Crippen LogP contribution in [0.25, 0.3) is 22.3 Å². The van der Waals surface area contributed by atoms with E-state index in [0.29, 0.717) is 27.8 Å². The zero-order valence-corrected chi connectivity index (χ0v) is 22.3. The molecule has 4 aromatic rings. The van der Waals surface area contributed by atoms with Crippen LogP contribution in [-0.4, -0.2) is 21.3 Å². The molecule has 188 valence electrons. The van der Waals surface area contributed by atoms with E-state index in [1.165, 1.54) is 0 Å². The topological polar surface area (TPSA) is 65.9 Å². The molecule has 1 atom stereocenters. The molecule has 0 bridgehead atoms. The van der Waals surface area contributed by atoms with E-state index in [2.05, 4.69) is 45.5 Å².